The van der Waals surface area contributed by atoms with Crippen molar-refractivity contribution in [2.45, 2.75) is 38.3 Å². The molecule has 2 heterocycles. The number of carboxylic acid groups (broad SMARTS) is 1. The van der Waals surface area contributed by atoms with Gasteiger partial charge >= 0.3 is 5.97 Å². The Kier molecular flexibility index (Phi) is 5.05. The molecule has 7 heteroatoms. The van der Waals surface area contributed by atoms with Crippen LogP contribution in [0.15, 0.2) is 42.5 Å². The minimum absolute atomic E-state index is 0.00844. The van der Waals surface area contributed by atoms with E-state index in [1.165, 1.54) is 21.9 Å². The zero-order valence-electron chi connectivity index (χ0n) is 15.8. The Labute approximate surface area is 167 Å². The molecule has 2 amide bonds. The number of aryl methyl sites for hydroxylation is 1. The van der Waals surface area contributed by atoms with Gasteiger partial charge in [-0.2, -0.15) is 0 Å². The molecule has 1 N–H and O–H groups in total. The van der Waals surface area contributed by atoms with E-state index in [4.69, 9.17) is 0 Å². The second-order valence-electron chi connectivity index (χ2n) is 7.42. The number of hydrogen-bond donors (Lipinski definition) is 1. The second-order valence-corrected chi connectivity index (χ2v) is 7.42. The summed E-state index contributed by atoms with van der Waals surface area (Å²) in [4.78, 5) is 39.9. The lowest BCUT2D eigenvalue weighted by Gasteiger charge is -2.35. The lowest BCUT2D eigenvalue weighted by Crippen LogP contribution is -2.49. The first-order valence-corrected chi connectivity index (χ1v) is 9.62. The Morgan fingerprint density at radius 3 is 2.59 bits per heavy atom. The molecule has 0 aromatic heterocycles. The van der Waals surface area contributed by atoms with Crippen LogP contribution in [0.25, 0.3) is 0 Å². The lowest BCUT2D eigenvalue weighted by atomic mass is 9.93. The quantitative estimate of drug-likeness (QED) is 0.862. The Morgan fingerprint density at radius 1 is 1.07 bits per heavy atom. The van der Waals surface area contributed by atoms with Crippen LogP contribution in [-0.2, 0) is 33.8 Å². The molecule has 2 aliphatic heterocycles. The number of halogens is 1. The zero-order valence-corrected chi connectivity index (χ0v) is 15.8. The van der Waals surface area contributed by atoms with Gasteiger partial charge in [-0.15, -0.1) is 0 Å². The number of fused-ring (bicyclic) bond motifs is 2. The van der Waals surface area contributed by atoms with Crippen LogP contribution in [0.4, 0.5) is 10.1 Å². The van der Waals surface area contributed by atoms with Crippen LogP contribution in [0.1, 0.15) is 29.5 Å². The summed E-state index contributed by atoms with van der Waals surface area (Å²) in [6.07, 6.45) is 1.01. The van der Waals surface area contributed by atoms with Crippen molar-refractivity contribution >= 4 is 23.5 Å². The number of hydrogen-bond acceptors (Lipinski definition) is 3. The van der Waals surface area contributed by atoms with Crippen LogP contribution < -0.4 is 4.90 Å². The highest BCUT2D eigenvalue weighted by atomic mass is 19.1. The fraction of sp³-hybridized carbons (Fsp3) is 0.318. The Balaban J connectivity index is 1.51. The van der Waals surface area contributed by atoms with E-state index in [0.29, 0.717) is 12.1 Å². The lowest BCUT2D eigenvalue weighted by molar-refractivity contribution is -0.151. The van der Waals surface area contributed by atoms with Gasteiger partial charge in [0.2, 0.25) is 11.8 Å². The predicted octanol–water partition coefficient (Wildman–Crippen LogP) is 2.53. The summed E-state index contributed by atoms with van der Waals surface area (Å²) >= 11 is 0. The number of carbonyl (C=O) groups excluding carboxylic acids is 2. The molecule has 2 aromatic rings. The third kappa shape index (κ3) is 3.72. The molecular formula is C22H21FN2O4. The molecule has 0 bridgehead atoms. The first-order valence-electron chi connectivity index (χ1n) is 9.62. The second kappa shape index (κ2) is 7.66. The molecule has 6 nitrogen and oxygen atoms in total. The molecule has 2 aromatic carbocycles. The summed E-state index contributed by atoms with van der Waals surface area (Å²) in [6, 6.07) is 10.9. The largest absolute Gasteiger partial charge is 0.480 e. The molecule has 4 rings (SSSR count). The number of aliphatic carboxylic acids is 1. The van der Waals surface area contributed by atoms with Gasteiger partial charge in [-0.05, 0) is 41.3 Å². The third-order valence-corrected chi connectivity index (χ3v) is 5.64. The van der Waals surface area contributed by atoms with Gasteiger partial charge < -0.3 is 14.9 Å². The fourth-order valence-electron chi connectivity index (χ4n) is 4.13. The van der Waals surface area contributed by atoms with Gasteiger partial charge in [0.1, 0.15) is 11.9 Å². The van der Waals surface area contributed by atoms with Crippen LogP contribution >= 0.6 is 0 Å². The van der Waals surface area contributed by atoms with Gasteiger partial charge in [0.25, 0.3) is 0 Å². The molecule has 1 atom stereocenters. The summed E-state index contributed by atoms with van der Waals surface area (Å²) in [7, 11) is 0. The maximum atomic E-state index is 13.5. The maximum absolute atomic E-state index is 13.5. The molecule has 0 aliphatic carbocycles. The predicted molar refractivity (Wildman–Crippen MR) is 104 cm³/mol. The van der Waals surface area contributed by atoms with Crippen LogP contribution in [0.2, 0.25) is 0 Å². The average molecular weight is 396 g/mol. The highest BCUT2D eigenvalue weighted by Gasteiger charge is 2.35. The van der Waals surface area contributed by atoms with Gasteiger partial charge in [-0.3, -0.25) is 9.59 Å². The third-order valence-electron chi connectivity index (χ3n) is 5.64. The van der Waals surface area contributed by atoms with E-state index in [2.05, 4.69) is 0 Å². The van der Waals surface area contributed by atoms with Gasteiger partial charge in [-0.1, -0.05) is 24.3 Å². The van der Waals surface area contributed by atoms with Crippen molar-refractivity contribution < 1.29 is 23.9 Å². The number of amides is 2. The highest BCUT2D eigenvalue weighted by Crippen LogP contribution is 2.29. The van der Waals surface area contributed by atoms with Crippen molar-refractivity contribution in [1.82, 2.24) is 4.90 Å². The van der Waals surface area contributed by atoms with Crippen molar-refractivity contribution in [3.63, 3.8) is 0 Å². The van der Waals surface area contributed by atoms with Crippen molar-refractivity contribution in [2.24, 2.45) is 0 Å². The van der Waals surface area contributed by atoms with Crippen LogP contribution in [0.5, 0.6) is 0 Å². The number of carboxylic acids is 1. The number of rotatable bonds is 4. The van der Waals surface area contributed by atoms with Crippen molar-refractivity contribution in [3.8, 4) is 0 Å². The summed E-state index contributed by atoms with van der Waals surface area (Å²) in [5.41, 5.74) is 3.24. The monoisotopic (exact) mass is 396 g/mol. The van der Waals surface area contributed by atoms with Crippen molar-refractivity contribution in [2.75, 3.05) is 11.4 Å². The van der Waals surface area contributed by atoms with Gasteiger partial charge in [0.05, 0.1) is 0 Å². The highest BCUT2D eigenvalue weighted by molar-refractivity contribution is 5.97. The molecular weight excluding hydrogens is 375 g/mol. The number of carbonyl (C=O) groups is 3. The number of nitrogens with zero attached hydrogens (tertiary/aromatic N) is 2. The molecule has 0 radical (unpaired) electrons. The van der Waals surface area contributed by atoms with E-state index in [9.17, 15) is 23.9 Å². The average Bonchev–Trinajstić information content (AvgIpc) is 2.71. The summed E-state index contributed by atoms with van der Waals surface area (Å²) in [6.45, 7) is 0.377. The van der Waals surface area contributed by atoms with E-state index < -0.39 is 12.0 Å². The summed E-state index contributed by atoms with van der Waals surface area (Å²) in [5.74, 6) is -1.82. The molecule has 2 aliphatic rings. The van der Waals surface area contributed by atoms with Gasteiger partial charge in [0, 0.05) is 38.0 Å². The van der Waals surface area contributed by atoms with E-state index in [1.807, 2.05) is 24.3 Å². The Morgan fingerprint density at radius 2 is 1.83 bits per heavy atom. The van der Waals surface area contributed by atoms with E-state index >= 15 is 0 Å². The molecule has 0 saturated heterocycles. The maximum Gasteiger partial charge on any atom is 0.326 e. The minimum Gasteiger partial charge on any atom is -0.480 e. The standard InChI is InChI=1S/C22H21FN2O4/c23-17-6-7-18-15(11-17)5-8-20(26)24(18)10-9-21(27)25-13-16-4-2-1-3-14(16)12-19(25)22(28)29/h1-4,6-7,11,19H,5,8-10,12-13H2,(H,28,29)/t19-/m1/s1. The first-order chi connectivity index (χ1) is 13.9. The van der Waals surface area contributed by atoms with Crippen molar-refractivity contribution in [1.29, 1.82) is 0 Å². The normalized spacial score (nSPS) is 18.2. The van der Waals surface area contributed by atoms with Crippen LogP contribution in [-0.4, -0.2) is 40.4 Å². The van der Waals surface area contributed by atoms with E-state index in [-0.39, 0.29) is 50.0 Å². The molecule has 0 spiro atoms. The summed E-state index contributed by atoms with van der Waals surface area (Å²) < 4.78 is 13.5. The number of benzene rings is 2. The summed E-state index contributed by atoms with van der Waals surface area (Å²) in [5, 5.41) is 9.60. The molecule has 0 unspecified atom stereocenters. The van der Waals surface area contributed by atoms with Crippen LogP contribution in [0, 0.1) is 5.82 Å². The Hall–Kier alpha value is -3.22. The minimum atomic E-state index is -1.04. The molecule has 29 heavy (non-hydrogen) atoms. The van der Waals surface area contributed by atoms with Gasteiger partial charge in [0.15, 0.2) is 0 Å². The van der Waals surface area contributed by atoms with Crippen LogP contribution in [0.3, 0.4) is 0 Å². The first kappa shape index (κ1) is 19.1. The molecule has 0 saturated carbocycles. The Bertz CT molecular complexity index is 991. The zero-order chi connectivity index (χ0) is 20.5. The topological polar surface area (TPSA) is 77.9 Å². The smallest absolute Gasteiger partial charge is 0.326 e. The molecule has 0 fully saturated rings. The van der Waals surface area contributed by atoms with Gasteiger partial charge in [-0.25, -0.2) is 9.18 Å². The van der Waals surface area contributed by atoms with E-state index in [0.717, 1.165) is 16.7 Å². The SMILES string of the molecule is O=C(O)[C@H]1Cc2ccccc2CN1C(=O)CCN1C(=O)CCc2cc(F)ccc21. The van der Waals surface area contributed by atoms with E-state index in [1.54, 1.807) is 6.07 Å². The fourth-order valence-corrected chi connectivity index (χ4v) is 4.13. The molecule has 150 valence electrons. The number of anilines is 1. The van der Waals surface area contributed by atoms with Crippen molar-refractivity contribution in [3.05, 3.63) is 65.0 Å².